The van der Waals surface area contributed by atoms with Gasteiger partial charge in [-0.3, -0.25) is 15.4 Å². The average Bonchev–Trinajstić information content (AvgIpc) is 2.94. The maximum Gasteiger partial charge on any atom is 0.104 e. The number of aromatic nitrogens is 2. The van der Waals surface area contributed by atoms with Crippen molar-refractivity contribution >= 4 is 23.1 Å². The highest BCUT2D eigenvalue weighted by molar-refractivity contribution is 5.86. The van der Waals surface area contributed by atoms with Crippen LogP contribution >= 0.6 is 0 Å². The fraction of sp³-hybridized carbons (Fsp3) is 0.333. The molecule has 3 rings (SSSR count). The van der Waals surface area contributed by atoms with Gasteiger partial charge in [0.2, 0.25) is 0 Å². The Morgan fingerprint density at radius 1 is 1.41 bits per heavy atom. The van der Waals surface area contributed by atoms with E-state index in [0.29, 0.717) is 0 Å². The van der Waals surface area contributed by atoms with Crippen LogP contribution in [0.5, 0.6) is 0 Å². The highest BCUT2D eigenvalue weighted by Crippen LogP contribution is 2.27. The lowest BCUT2D eigenvalue weighted by molar-refractivity contribution is 0.556. The molecular formula is C12H15N5. The predicted octanol–water partition coefficient (Wildman–Crippen LogP) is 1.85. The summed E-state index contributed by atoms with van der Waals surface area (Å²) in [5.74, 6) is 0. The van der Waals surface area contributed by atoms with Gasteiger partial charge in [-0.1, -0.05) is 0 Å². The average molecular weight is 229 g/mol. The van der Waals surface area contributed by atoms with Gasteiger partial charge in [-0.15, -0.1) is 0 Å². The lowest BCUT2D eigenvalue weighted by Gasteiger charge is -2.20. The monoisotopic (exact) mass is 229 g/mol. The van der Waals surface area contributed by atoms with Crippen molar-refractivity contribution in [2.24, 2.45) is 4.99 Å². The number of anilines is 1. The topological polar surface area (TPSA) is 56.3 Å². The first kappa shape index (κ1) is 10.1. The molecule has 0 radical (unpaired) electrons. The zero-order valence-corrected chi connectivity index (χ0v) is 9.99. The third-order valence-electron chi connectivity index (χ3n) is 3.11. The fourth-order valence-electron chi connectivity index (χ4n) is 2.19. The first-order valence-corrected chi connectivity index (χ1v) is 5.72. The first-order chi connectivity index (χ1) is 8.25. The van der Waals surface area contributed by atoms with Crippen LogP contribution in [0, 0.1) is 13.8 Å². The van der Waals surface area contributed by atoms with E-state index in [-0.39, 0.29) is 0 Å². The molecule has 1 aromatic carbocycles. The Morgan fingerprint density at radius 2 is 2.29 bits per heavy atom. The van der Waals surface area contributed by atoms with E-state index < -0.39 is 0 Å². The number of nitrogens with one attached hydrogen (secondary N) is 2. The summed E-state index contributed by atoms with van der Waals surface area (Å²) in [5, 5.41) is 2.01. The van der Waals surface area contributed by atoms with E-state index in [9.17, 15) is 0 Å². The van der Waals surface area contributed by atoms with Crippen molar-refractivity contribution in [2.75, 3.05) is 18.5 Å². The first-order valence-electron chi connectivity index (χ1n) is 5.72. The number of aryl methyl sites for hydroxylation is 2. The van der Waals surface area contributed by atoms with Crippen LogP contribution in [-0.4, -0.2) is 34.4 Å². The van der Waals surface area contributed by atoms with Crippen LogP contribution in [0.2, 0.25) is 0 Å². The fourth-order valence-corrected chi connectivity index (χ4v) is 2.19. The molecule has 0 aliphatic carbocycles. The van der Waals surface area contributed by atoms with Crippen LogP contribution in [0.3, 0.4) is 0 Å². The van der Waals surface area contributed by atoms with Gasteiger partial charge in [0.1, 0.15) is 6.34 Å². The highest BCUT2D eigenvalue weighted by atomic mass is 15.5. The molecule has 2 aromatic rings. The molecule has 0 saturated heterocycles. The van der Waals surface area contributed by atoms with E-state index in [1.54, 1.807) is 6.33 Å². The van der Waals surface area contributed by atoms with Crippen LogP contribution in [0.1, 0.15) is 11.1 Å². The minimum Gasteiger partial charge on any atom is -0.344 e. The SMILES string of the molecule is Cc1cc2nc[nH]c2c(C)c1NN1C=NCC1. The molecule has 2 heterocycles. The number of aliphatic imine (C=N–C) groups is 1. The maximum atomic E-state index is 4.29. The number of benzene rings is 1. The Kier molecular flexibility index (Phi) is 2.24. The van der Waals surface area contributed by atoms with Crippen molar-refractivity contribution in [2.45, 2.75) is 13.8 Å². The second-order valence-corrected chi connectivity index (χ2v) is 4.32. The van der Waals surface area contributed by atoms with Gasteiger partial charge in [-0.2, -0.15) is 0 Å². The number of H-pyrrole nitrogens is 1. The summed E-state index contributed by atoms with van der Waals surface area (Å²) in [7, 11) is 0. The molecule has 1 aromatic heterocycles. The molecule has 5 heteroatoms. The maximum absolute atomic E-state index is 4.29. The number of fused-ring (bicyclic) bond motifs is 1. The highest BCUT2D eigenvalue weighted by Gasteiger charge is 2.12. The van der Waals surface area contributed by atoms with Crippen molar-refractivity contribution in [1.29, 1.82) is 0 Å². The second-order valence-electron chi connectivity index (χ2n) is 4.32. The van der Waals surface area contributed by atoms with E-state index in [2.05, 4.69) is 40.3 Å². The van der Waals surface area contributed by atoms with Crippen LogP contribution in [0.25, 0.3) is 11.0 Å². The Bertz CT molecular complexity index is 584. The van der Waals surface area contributed by atoms with E-state index in [1.165, 1.54) is 11.1 Å². The van der Waals surface area contributed by atoms with Gasteiger partial charge in [-0.25, -0.2) is 4.98 Å². The Hall–Kier alpha value is -2.04. The van der Waals surface area contributed by atoms with Gasteiger partial charge in [-0.05, 0) is 31.0 Å². The summed E-state index contributed by atoms with van der Waals surface area (Å²) in [5.41, 5.74) is 9.03. The van der Waals surface area contributed by atoms with Crippen LogP contribution in [-0.2, 0) is 0 Å². The standard InChI is InChI=1S/C12H15N5/c1-8-5-10-12(15-6-14-10)9(2)11(8)16-17-4-3-13-7-17/h5-7,16H,3-4H2,1-2H3,(H,14,15). The number of hydrogen-bond donors (Lipinski definition) is 2. The molecule has 0 fully saturated rings. The smallest absolute Gasteiger partial charge is 0.104 e. The van der Waals surface area contributed by atoms with E-state index in [1.807, 2.05) is 11.3 Å². The molecule has 2 N–H and O–H groups in total. The van der Waals surface area contributed by atoms with Crippen molar-refractivity contribution in [3.8, 4) is 0 Å². The Morgan fingerprint density at radius 3 is 3.06 bits per heavy atom. The largest absolute Gasteiger partial charge is 0.344 e. The van der Waals surface area contributed by atoms with E-state index in [0.717, 1.165) is 29.8 Å². The third kappa shape index (κ3) is 1.63. The van der Waals surface area contributed by atoms with Crippen LogP contribution < -0.4 is 5.43 Å². The van der Waals surface area contributed by atoms with Crippen molar-refractivity contribution in [3.05, 3.63) is 23.5 Å². The molecule has 17 heavy (non-hydrogen) atoms. The summed E-state index contributed by atoms with van der Waals surface area (Å²) in [6.07, 6.45) is 3.58. The molecule has 1 aliphatic heterocycles. The molecule has 0 saturated carbocycles. The molecule has 0 spiro atoms. The van der Waals surface area contributed by atoms with Gasteiger partial charge in [0.15, 0.2) is 0 Å². The molecule has 0 amide bonds. The molecule has 88 valence electrons. The molecule has 0 bridgehead atoms. The summed E-state index contributed by atoms with van der Waals surface area (Å²) in [4.78, 5) is 11.7. The lowest BCUT2D eigenvalue weighted by Crippen LogP contribution is -2.27. The molecule has 0 atom stereocenters. The third-order valence-corrected chi connectivity index (χ3v) is 3.11. The van der Waals surface area contributed by atoms with E-state index >= 15 is 0 Å². The van der Waals surface area contributed by atoms with Gasteiger partial charge < -0.3 is 4.98 Å². The summed E-state index contributed by atoms with van der Waals surface area (Å²) in [6.45, 7) is 5.97. The van der Waals surface area contributed by atoms with Crippen LogP contribution in [0.15, 0.2) is 17.4 Å². The van der Waals surface area contributed by atoms with Crippen LogP contribution in [0.4, 0.5) is 5.69 Å². The van der Waals surface area contributed by atoms with Gasteiger partial charge in [0, 0.05) is 0 Å². The quantitative estimate of drug-likeness (QED) is 0.826. The minimum atomic E-state index is 0.859. The summed E-state index contributed by atoms with van der Waals surface area (Å²) >= 11 is 0. The Labute approximate surface area is 99.5 Å². The molecule has 5 nitrogen and oxygen atoms in total. The zero-order valence-electron chi connectivity index (χ0n) is 9.99. The molecule has 1 aliphatic rings. The van der Waals surface area contributed by atoms with Gasteiger partial charge >= 0.3 is 0 Å². The van der Waals surface area contributed by atoms with Crippen molar-refractivity contribution in [3.63, 3.8) is 0 Å². The Balaban J connectivity index is 2.04. The number of rotatable bonds is 2. The van der Waals surface area contributed by atoms with E-state index in [4.69, 9.17) is 0 Å². The number of hydrogen-bond acceptors (Lipinski definition) is 4. The van der Waals surface area contributed by atoms with Crippen molar-refractivity contribution < 1.29 is 0 Å². The van der Waals surface area contributed by atoms with Gasteiger partial charge in [0.25, 0.3) is 0 Å². The molecule has 0 unspecified atom stereocenters. The number of aromatic amines is 1. The molecular weight excluding hydrogens is 214 g/mol. The van der Waals surface area contributed by atoms with Gasteiger partial charge in [0.05, 0.1) is 36.1 Å². The number of imidazole rings is 1. The predicted molar refractivity (Wildman–Crippen MR) is 69.3 cm³/mol. The number of nitrogens with zero attached hydrogens (tertiary/aromatic N) is 3. The van der Waals surface area contributed by atoms with Crippen molar-refractivity contribution in [1.82, 2.24) is 15.0 Å². The minimum absolute atomic E-state index is 0.859. The number of hydrazine groups is 1. The normalized spacial score (nSPS) is 14.8. The summed E-state index contributed by atoms with van der Waals surface area (Å²) in [6, 6.07) is 2.09. The zero-order chi connectivity index (χ0) is 11.8. The summed E-state index contributed by atoms with van der Waals surface area (Å²) < 4.78 is 0. The second kappa shape index (κ2) is 3.76. The lowest BCUT2D eigenvalue weighted by atomic mass is 10.1.